The van der Waals surface area contributed by atoms with E-state index in [0.29, 0.717) is 0 Å². The van der Waals surface area contributed by atoms with Crippen molar-refractivity contribution >= 4 is 39.0 Å². The predicted molar refractivity (Wildman–Crippen MR) is 210 cm³/mol. The van der Waals surface area contributed by atoms with E-state index in [2.05, 4.69) is 193 Å². The first-order valence-electron chi connectivity index (χ1n) is 17.0. The van der Waals surface area contributed by atoms with E-state index in [4.69, 9.17) is 4.42 Å². The molecule has 0 amide bonds. The Balaban J connectivity index is 1.20. The molecule has 0 aliphatic carbocycles. The van der Waals surface area contributed by atoms with Crippen LogP contribution in [0.15, 0.2) is 205 Å². The van der Waals surface area contributed by atoms with E-state index >= 15 is 0 Å². The molecule has 0 saturated carbocycles. The number of rotatable bonds is 7. The van der Waals surface area contributed by atoms with Crippen molar-refractivity contribution in [3.05, 3.63) is 200 Å². The van der Waals surface area contributed by atoms with Crippen LogP contribution in [0.4, 0.5) is 17.1 Å². The van der Waals surface area contributed by atoms with Gasteiger partial charge < -0.3 is 9.32 Å². The minimum atomic E-state index is 0.866. The Bertz CT molecular complexity index is 2580. The lowest BCUT2D eigenvalue weighted by atomic mass is 9.93. The van der Waals surface area contributed by atoms with Crippen molar-refractivity contribution in [3.8, 4) is 44.5 Å². The molecule has 9 rings (SSSR count). The number of nitrogens with zero attached hydrogens (tertiary/aromatic N) is 1. The molecule has 50 heavy (non-hydrogen) atoms. The molecule has 2 nitrogen and oxygen atoms in total. The van der Waals surface area contributed by atoms with Crippen LogP contribution >= 0.6 is 0 Å². The zero-order valence-corrected chi connectivity index (χ0v) is 27.4. The van der Waals surface area contributed by atoms with Crippen LogP contribution in [0.25, 0.3) is 66.4 Å². The Morgan fingerprint density at radius 1 is 0.300 bits per heavy atom. The molecule has 9 aromatic rings. The van der Waals surface area contributed by atoms with E-state index in [9.17, 15) is 0 Å². The smallest absolute Gasteiger partial charge is 0.137 e. The molecule has 8 aromatic carbocycles. The normalized spacial score (nSPS) is 11.2. The molecule has 0 aliphatic rings. The van der Waals surface area contributed by atoms with Crippen molar-refractivity contribution < 1.29 is 4.42 Å². The zero-order chi connectivity index (χ0) is 33.3. The van der Waals surface area contributed by atoms with Crippen molar-refractivity contribution in [3.63, 3.8) is 0 Å². The van der Waals surface area contributed by atoms with E-state index < -0.39 is 0 Å². The average Bonchev–Trinajstić information content (AvgIpc) is 3.57. The first-order chi connectivity index (χ1) is 24.8. The first kappa shape index (κ1) is 29.5. The summed E-state index contributed by atoms with van der Waals surface area (Å²) < 4.78 is 6.40. The number of fused-ring (bicyclic) bond motifs is 3. The van der Waals surface area contributed by atoms with Gasteiger partial charge in [0, 0.05) is 33.8 Å². The number of anilines is 3. The molecule has 0 saturated heterocycles. The van der Waals surface area contributed by atoms with Gasteiger partial charge in [-0.05, 0) is 81.4 Å². The van der Waals surface area contributed by atoms with Crippen LogP contribution in [0.5, 0.6) is 0 Å². The van der Waals surface area contributed by atoms with Crippen LogP contribution in [-0.2, 0) is 0 Å². The third-order valence-corrected chi connectivity index (χ3v) is 9.50. The summed E-state index contributed by atoms with van der Waals surface area (Å²) in [6, 6.07) is 71.1. The maximum atomic E-state index is 6.40. The largest absolute Gasteiger partial charge is 0.456 e. The van der Waals surface area contributed by atoms with Crippen molar-refractivity contribution in [1.82, 2.24) is 0 Å². The van der Waals surface area contributed by atoms with Gasteiger partial charge in [0.25, 0.3) is 0 Å². The summed E-state index contributed by atoms with van der Waals surface area (Å²) in [5.41, 5.74) is 14.4. The van der Waals surface area contributed by atoms with Crippen molar-refractivity contribution in [2.45, 2.75) is 0 Å². The molecule has 1 heterocycles. The van der Waals surface area contributed by atoms with Crippen LogP contribution in [0.2, 0.25) is 0 Å². The summed E-state index contributed by atoms with van der Waals surface area (Å²) in [6.45, 7) is 0. The molecular formula is C48H33NO. The fourth-order valence-corrected chi connectivity index (χ4v) is 7.08. The second-order valence-corrected chi connectivity index (χ2v) is 12.5. The van der Waals surface area contributed by atoms with E-state index in [1.165, 1.54) is 38.9 Å². The second-order valence-electron chi connectivity index (χ2n) is 12.5. The second kappa shape index (κ2) is 12.8. The maximum absolute atomic E-state index is 6.40. The van der Waals surface area contributed by atoms with Crippen LogP contribution in [0.1, 0.15) is 0 Å². The van der Waals surface area contributed by atoms with Gasteiger partial charge in [0.05, 0.1) is 5.69 Å². The van der Waals surface area contributed by atoms with E-state index in [-0.39, 0.29) is 0 Å². The van der Waals surface area contributed by atoms with E-state index in [0.717, 1.165) is 44.6 Å². The van der Waals surface area contributed by atoms with Gasteiger partial charge in [-0.25, -0.2) is 0 Å². The molecule has 0 unspecified atom stereocenters. The zero-order valence-electron chi connectivity index (χ0n) is 27.4. The lowest BCUT2D eigenvalue weighted by Gasteiger charge is -2.28. The SMILES string of the molecule is c1ccc(-c2cccc(-c3ccc(N(c4ccc5c(c4)oc4ccccc45)c4ccccc4-c4ccccc4-c4ccccc4)cc3)c2)cc1. The standard InChI is InChI=1S/C48H33NO/c1-3-14-34(15-4-1)37-18-13-19-38(32-37)35-26-28-39(29-27-35)49(40-30-31-45-44-23-10-12-25-47(44)50-48(45)33-40)46-24-11-9-22-43(46)42-21-8-7-20-41(42)36-16-5-2-6-17-36/h1-33H. The van der Waals surface area contributed by atoms with Gasteiger partial charge in [-0.15, -0.1) is 0 Å². The fourth-order valence-electron chi connectivity index (χ4n) is 7.08. The summed E-state index contributed by atoms with van der Waals surface area (Å²) in [5, 5.41) is 2.24. The molecule has 0 atom stereocenters. The molecule has 0 radical (unpaired) electrons. The lowest BCUT2D eigenvalue weighted by molar-refractivity contribution is 0.669. The summed E-state index contributed by atoms with van der Waals surface area (Å²) in [7, 11) is 0. The molecule has 0 bridgehead atoms. The van der Waals surface area contributed by atoms with Gasteiger partial charge in [0.15, 0.2) is 0 Å². The molecule has 1 aromatic heterocycles. The summed E-state index contributed by atoms with van der Waals surface area (Å²) in [5.74, 6) is 0. The number of hydrogen-bond donors (Lipinski definition) is 0. The highest BCUT2D eigenvalue weighted by molar-refractivity contribution is 6.06. The number of furan rings is 1. The van der Waals surface area contributed by atoms with Crippen LogP contribution in [0, 0.1) is 0 Å². The Morgan fingerprint density at radius 2 is 0.840 bits per heavy atom. The Hall–Kier alpha value is -6.64. The van der Waals surface area contributed by atoms with Gasteiger partial charge in [0.1, 0.15) is 11.2 Å². The van der Waals surface area contributed by atoms with Gasteiger partial charge in [0.2, 0.25) is 0 Å². The monoisotopic (exact) mass is 639 g/mol. The topological polar surface area (TPSA) is 16.4 Å². The molecular weight excluding hydrogens is 607 g/mol. The van der Waals surface area contributed by atoms with E-state index in [1.54, 1.807) is 0 Å². The van der Waals surface area contributed by atoms with E-state index in [1.807, 2.05) is 12.1 Å². The van der Waals surface area contributed by atoms with Gasteiger partial charge in [-0.1, -0.05) is 152 Å². The van der Waals surface area contributed by atoms with Crippen molar-refractivity contribution in [1.29, 1.82) is 0 Å². The third kappa shape index (κ3) is 5.43. The van der Waals surface area contributed by atoms with Gasteiger partial charge in [-0.2, -0.15) is 0 Å². The van der Waals surface area contributed by atoms with Crippen LogP contribution in [0.3, 0.4) is 0 Å². The Labute approximate surface area is 292 Å². The number of hydrogen-bond acceptors (Lipinski definition) is 2. The third-order valence-electron chi connectivity index (χ3n) is 9.50. The molecule has 0 N–H and O–H groups in total. The first-order valence-corrected chi connectivity index (χ1v) is 17.0. The fraction of sp³-hybridized carbons (Fsp3) is 0. The van der Waals surface area contributed by atoms with Gasteiger partial charge in [-0.3, -0.25) is 0 Å². The molecule has 2 heteroatoms. The minimum Gasteiger partial charge on any atom is -0.456 e. The molecule has 0 fully saturated rings. The van der Waals surface area contributed by atoms with Crippen LogP contribution in [-0.4, -0.2) is 0 Å². The number of benzene rings is 8. The molecule has 0 spiro atoms. The summed E-state index contributed by atoms with van der Waals surface area (Å²) in [6.07, 6.45) is 0. The molecule has 236 valence electrons. The predicted octanol–water partition coefficient (Wildman–Crippen LogP) is 13.7. The number of para-hydroxylation sites is 2. The maximum Gasteiger partial charge on any atom is 0.137 e. The van der Waals surface area contributed by atoms with Crippen molar-refractivity contribution in [2.24, 2.45) is 0 Å². The quantitative estimate of drug-likeness (QED) is 0.173. The average molecular weight is 640 g/mol. The Kier molecular flexibility index (Phi) is 7.53. The highest BCUT2D eigenvalue weighted by Crippen LogP contribution is 2.45. The summed E-state index contributed by atoms with van der Waals surface area (Å²) >= 11 is 0. The highest BCUT2D eigenvalue weighted by Gasteiger charge is 2.20. The minimum absolute atomic E-state index is 0.866. The van der Waals surface area contributed by atoms with Crippen LogP contribution < -0.4 is 4.90 Å². The summed E-state index contributed by atoms with van der Waals surface area (Å²) in [4.78, 5) is 2.36. The lowest BCUT2D eigenvalue weighted by Crippen LogP contribution is -2.11. The molecule has 0 aliphatic heterocycles. The van der Waals surface area contributed by atoms with Crippen molar-refractivity contribution in [2.75, 3.05) is 4.90 Å². The van der Waals surface area contributed by atoms with Gasteiger partial charge >= 0.3 is 0 Å². The Morgan fingerprint density at radius 3 is 1.60 bits per heavy atom. The highest BCUT2D eigenvalue weighted by atomic mass is 16.3.